The molecular formula is C11H14N4S2. The maximum atomic E-state index is 5.84. The van der Waals surface area contributed by atoms with E-state index in [-0.39, 0.29) is 0 Å². The number of aromatic nitrogens is 3. The van der Waals surface area contributed by atoms with Gasteiger partial charge in [0.1, 0.15) is 6.33 Å². The zero-order valence-corrected chi connectivity index (χ0v) is 11.1. The van der Waals surface area contributed by atoms with Crippen LogP contribution < -0.4 is 5.73 Å². The fourth-order valence-corrected chi connectivity index (χ4v) is 3.27. The van der Waals surface area contributed by atoms with Crippen molar-refractivity contribution in [3.8, 4) is 0 Å². The van der Waals surface area contributed by atoms with Crippen LogP contribution in [0.25, 0.3) is 0 Å². The van der Waals surface area contributed by atoms with E-state index in [9.17, 15) is 0 Å². The van der Waals surface area contributed by atoms with Gasteiger partial charge in [0.2, 0.25) is 0 Å². The second-order valence-corrected chi connectivity index (χ2v) is 5.60. The van der Waals surface area contributed by atoms with Crippen molar-refractivity contribution in [2.45, 2.75) is 28.4 Å². The first-order valence-electron chi connectivity index (χ1n) is 5.33. The van der Waals surface area contributed by atoms with Gasteiger partial charge in [-0.3, -0.25) is 5.10 Å². The van der Waals surface area contributed by atoms with E-state index in [1.54, 1.807) is 11.8 Å². The van der Waals surface area contributed by atoms with Crippen molar-refractivity contribution in [2.24, 2.45) is 5.73 Å². The lowest BCUT2D eigenvalue weighted by atomic mass is 10.2. The van der Waals surface area contributed by atoms with E-state index in [2.05, 4.69) is 40.3 Å². The minimum atomic E-state index is 0.541. The smallest absolute Gasteiger partial charge is 0.188 e. The number of rotatable bonds is 5. The molecule has 0 radical (unpaired) electrons. The minimum absolute atomic E-state index is 0.541. The number of thioether (sulfide) groups is 1. The Labute approximate surface area is 109 Å². The summed E-state index contributed by atoms with van der Waals surface area (Å²) in [5, 5.41) is 7.47. The lowest BCUT2D eigenvalue weighted by Crippen LogP contribution is -2.01. The molecule has 2 aromatic rings. The minimum Gasteiger partial charge on any atom is -0.326 e. The van der Waals surface area contributed by atoms with E-state index in [0.717, 1.165) is 15.8 Å². The normalized spacial score (nSPS) is 10.7. The summed E-state index contributed by atoms with van der Waals surface area (Å²) in [7, 11) is 0. The predicted octanol–water partition coefficient (Wildman–Crippen LogP) is 2.53. The summed E-state index contributed by atoms with van der Waals surface area (Å²) in [4.78, 5) is 6.50. The monoisotopic (exact) mass is 266 g/mol. The van der Waals surface area contributed by atoms with Crippen molar-refractivity contribution >= 4 is 23.5 Å². The first-order valence-corrected chi connectivity index (χ1v) is 7.13. The molecule has 3 N–H and O–H groups in total. The molecule has 0 saturated carbocycles. The van der Waals surface area contributed by atoms with Crippen LogP contribution in [0, 0.1) is 0 Å². The Bertz CT molecular complexity index is 470. The molecule has 1 aromatic heterocycles. The summed E-state index contributed by atoms with van der Waals surface area (Å²) in [5.74, 6) is 1.05. The van der Waals surface area contributed by atoms with E-state index < -0.39 is 0 Å². The molecule has 90 valence electrons. The third-order valence-corrected chi connectivity index (χ3v) is 4.17. The Balaban J connectivity index is 2.29. The zero-order chi connectivity index (χ0) is 12.1. The first-order chi connectivity index (χ1) is 8.35. The lowest BCUT2D eigenvalue weighted by Gasteiger charge is -2.10. The van der Waals surface area contributed by atoms with Gasteiger partial charge in [-0.15, -0.1) is 11.8 Å². The summed E-state index contributed by atoms with van der Waals surface area (Å²) >= 11 is 3.38. The molecular weight excluding hydrogens is 252 g/mol. The Morgan fingerprint density at radius 1 is 1.35 bits per heavy atom. The summed E-state index contributed by atoms with van der Waals surface area (Å²) < 4.78 is 0. The standard InChI is InChI=1S/C11H14N4S2/c1-2-16-9-4-3-5-10(8(9)6-12)17-11-13-7-14-15-11/h3-5,7H,2,6,12H2,1H3,(H,13,14,15). The van der Waals surface area contributed by atoms with Crippen LogP contribution >= 0.6 is 23.5 Å². The van der Waals surface area contributed by atoms with Crippen molar-refractivity contribution in [1.29, 1.82) is 0 Å². The molecule has 0 amide bonds. The number of nitrogens with one attached hydrogen (secondary N) is 1. The number of hydrogen-bond acceptors (Lipinski definition) is 5. The quantitative estimate of drug-likeness (QED) is 0.814. The second kappa shape index (κ2) is 6.09. The number of H-pyrrole nitrogens is 1. The SMILES string of the molecule is CCSc1cccc(Sc2ncn[nH]2)c1CN. The number of aromatic amines is 1. The summed E-state index contributed by atoms with van der Waals surface area (Å²) in [6, 6.07) is 6.23. The molecule has 0 bridgehead atoms. The largest absolute Gasteiger partial charge is 0.326 e. The Morgan fingerprint density at radius 3 is 2.82 bits per heavy atom. The molecule has 0 unspecified atom stereocenters. The molecule has 2 rings (SSSR count). The van der Waals surface area contributed by atoms with Gasteiger partial charge in [0.05, 0.1) is 0 Å². The van der Waals surface area contributed by atoms with E-state index in [0.29, 0.717) is 6.54 Å². The fourth-order valence-electron chi connectivity index (χ4n) is 1.48. The number of nitrogens with two attached hydrogens (primary N) is 1. The van der Waals surface area contributed by atoms with Crippen LogP contribution in [0.15, 0.2) is 39.5 Å². The highest BCUT2D eigenvalue weighted by molar-refractivity contribution is 8.00. The molecule has 1 heterocycles. The Morgan fingerprint density at radius 2 is 2.18 bits per heavy atom. The van der Waals surface area contributed by atoms with Crippen LogP contribution in [0.4, 0.5) is 0 Å². The Kier molecular flexibility index (Phi) is 4.47. The van der Waals surface area contributed by atoms with E-state index >= 15 is 0 Å². The van der Waals surface area contributed by atoms with Crippen molar-refractivity contribution in [1.82, 2.24) is 15.2 Å². The molecule has 0 aliphatic carbocycles. The van der Waals surface area contributed by atoms with Gasteiger partial charge < -0.3 is 5.73 Å². The average Bonchev–Trinajstić information content (AvgIpc) is 2.83. The highest BCUT2D eigenvalue weighted by Gasteiger charge is 2.09. The van der Waals surface area contributed by atoms with Gasteiger partial charge >= 0.3 is 0 Å². The summed E-state index contributed by atoms with van der Waals surface area (Å²) in [6.07, 6.45) is 1.51. The van der Waals surface area contributed by atoms with Crippen molar-refractivity contribution in [3.63, 3.8) is 0 Å². The van der Waals surface area contributed by atoms with Gasteiger partial charge in [0, 0.05) is 16.3 Å². The molecule has 0 aliphatic heterocycles. The van der Waals surface area contributed by atoms with Crippen molar-refractivity contribution in [2.75, 3.05) is 5.75 Å². The topological polar surface area (TPSA) is 67.6 Å². The van der Waals surface area contributed by atoms with Crippen LogP contribution in [0.2, 0.25) is 0 Å². The van der Waals surface area contributed by atoms with E-state index in [4.69, 9.17) is 5.73 Å². The molecule has 4 nitrogen and oxygen atoms in total. The number of benzene rings is 1. The average molecular weight is 266 g/mol. The molecule has 0 spiro atoms. The molecule has 0 saturated heterocycles. The number of hydrogen-bond donors (Lipinski definition) is 2. The van der Waals surface area contributed by atoms with Gasteiger partial charge in [-0.1, -0.05) is 13.0 Å². The van der Waals surface area contributed by atoms with E-state index in [1.165, 1.54) is 16.8 Å². The second-order valence-electron chi connectivity index (χ2n) is 3.26. The van der Waals surface area contributed by atoms with Crippen LogP contribution in [-0.2, 0) is 6.54 Å². The summed E-state index contributed by atoms with van der Waals surface area (Å²) in [6.45, 7) is 2.68. The molecule has 17 heavy (non-hydrogen) atoms. The molecule has 0 atom stereocenters. The first kappa shape index (κ1) is 12.5. The fraction of sp³-hybridized carbons (Fsp3) is 0.273. The maximum Gasteiger partial charge on any atom is 0.188 e. The van der Waals surface area contributed by atoms with Gasteiger partial charge in [0.15, 0.2) is 5.16 Å². The molecule has 0 aliphatic rings. The highest BCUT2D eigenvalue weighted by atomic mass is 32.2. The summed E-state index contributed by atoms with van der Waals surface area (Å²) in [5.41, 5.74) is 7.02. The highest BCUT2D eigenvalue weighted by Crippen LogP contribution is 2.33. The van der Waals surface area contributed by atoms with Crippen LogP contribution in [-0.4, -0.2) is 20.9 Å². The molecule has 6 heteroatoms. The lowest BCUT2D eigenvalue weighted by molar-refractivity contribution is 0.955. The zero-order valence-electron chi connectivity index (χ0n) is 9.51. The van der Waals surface area contributed by atoms with Gasteiger partial charge in [-0.25, -0.2) is 4.98 Å². The Hall–Kier alpha value is -0.980. The van der Waals surface area contributed by atoms with Gasteiger partial charge in [0.25, 0.3) is 0 Å². The molecule has 0 fully saturated rings. The third-order valence-electron chi connectivity index (χ3n) is 2.19. The molecule has 1 aromatic carbocycles. The van der Waals surface area contributed by atoms with E-state index in [1.807, 2.05) is 11.8 Å². The van der Waals surface area contributed by atoms with Crippen LogP contribution in [0.1, 0.15) is 12.5 Å². The van der Waals surface area contributed by atoms with Crippen LogP contribution in [0.3, 0.4) is 0 Å². The van der Waals surface area contributed by atoms with Gasteiger partial charge in [-0.05, 0) is 35.2 Å². The van der Waals surface area contributed by atoms with Crippen LogP contribution in [0.5, 0.6) is 0 Å². The van der Waals surface area contributed by atoms with Crippen molar-refractivity contribution in [3.05, 3.63) is 30.1 Å². The third kappa shape index (κ3) is 3.02. The maximum absolute atomic E-state index is 5.84. The predicted molar refractivity (Wildman–Crippen MR) is 71.2 cm³/mol. The van der Waals surface area contributed by atoms with Gasteiger partial charge in [-0.2, -0.15) is 5.10 Å². The number of nitrogens with zero attached hydrogens (tertiary/aromatic N) is 2. The van der Waals surface area contributed by atoms with Crippen molar-refractivity contribution < 1.29 is 0 Å².